The van der Waals surface area contributed by atoms with Crippen LogP contribution in [0.25, 0.3) is 0 Å². The maximum atomic E-state index is 11.9. The Morgan fingerprint density at radius 1 is 1.29 bits per heavy atom. The van der Waals surface area contributed by atoms with E-state index in [1.165, 1.54) is 6.92 Å². The van der Waals surface area contributed by atoms with E-state index < -0.39 is 0 Å². The van der Waals surface area contributed by atoms with Crippen molar-refractivity contribution >= 4 is 11.7 Å². The van der Waals surface area contributed by atoms with Crippen molar-refractivity contribution in [3.05, 3.63) is 35.4 Å². The molecule has 0 saturated carbocycles. The van der Waals surface area contributed by atoms with E-state index in [-0.39, 0.29) is 18.2 Å². The lowest BCUT2D eigenvalue weighted by Crippen LogP contribution is -2.40. The van der Waals surface area contributed by atoms with Gasteiger partial charge in [-0.3, -0.25) is 9.59 Å². The molecule has 0 N–H and O–H groups in total. The molecule has 3 nitrogen and oxygen atoms in total. The van der Waals surface area contributed by atoms with Crippen LogP contribution in [0.15, 0.2) is 24.3 Å². The number of carbonyl (C=O) groups is 2. The van der Waals surface area contributed by atoms with Crippen molar-refractivity contribution < 1.29 is 9.59 Å². The van der Waals surface area contributed by atoms with Gasteiger partial charge in [0.1, 0.15) is 5.78 Å². The van der Waals surface area contributed by atoms with Gasteiger partial charge in [-0.25, -0.2) is 0 Å². The van der Waals surface area contributed by atoms with Gasteiger partial charge in [0.15, 0.2) is 0 Å². The summed E-state index contributed by atoms with van der Waals surface area (Å²) in [6.07, 6.45) is 0.842. The summed E-state index contributed by atoms with van der Waals surface area (Å²) in [6.45, 7) is 6.39. The molecule has 0 saturated heterocycles. The predicted octanol–water partition coefficient (Wildman–Crippen LogP) is 2.30. The fraction of sp³-hybridized carbons (Fsp3) is 0.429. The normalized spacial score (nSPS) is 13.6. The zero-order valence-electron chi connectivity index (χ0n) is 10.7. The third kappa shape index (κ3) is 3.16. The lowest BCUT2D eigenvalue weighted by atomic mass is 9.99. The summed E-state index contributed by atoms with van der Waals surface area (Å²) < 4.78 is 0. The minimum atomic E-state index is -0.0212. The molecule has 3 heteroatoms. The highest BCUT2D eigenvalue weighted by Crippen LogP contribution is 2.18. The lowest BCUT2D eigenvalue weighted by molar-refractivity contribution is -0.117. The van der Waals surface area contributed by atoms with Gasteiger partial charge in [0, 0.05) is 12.1 Å². The molecule has 2 rings (SSSR count). The molecule has 1 aromatic rings. The van der Waals surface area contributed by atoms with Gasteiger partial charge in [0.2, 0.25) is 0 Å². The number of rotatable bonds is 2. The van der Waals surface area contributed by atoms with Crippen LogP contribution >= 0.6 is 0 Å². The largest absolute Gasteiger partial charge is 0.331 e. The van der Waals surface area contributed by atoms with Crippen LogP contribution in [0, 0.1) is 0 Å². The van der Waals surface area contributed by atoms with Gasteiger partial charge in [0.25, 0.3) is 5.91 Å². The first-order chi connectivity index (χ1) is 8.18. The molecule has 1 aromatic carbocycles. The van der Waals surface area contributed by atoms with Crippen LogP contribution in [0.2, 0.25) is 0 Å². The zero-order chi connectivity index (χ0) is 12.8. The van der Waals surface area contributed by atoms with E-state index in [0.29, 0.717) is 6.54 Å². The van der Waals surface area contributed by atoms with Crippen LogP contribution in [0.5, 0.6) is 0 Å². The Bertz CT molecular complexity index is 412. The quantitative estimate of drug-likeness (QED) is 0.786. The Morgan fingerprint density at radius 3 is 2.59 bits per heavy atom. The van der Waals surface area contributed by atoms with Gasteiger partial charge in [-0.1, -0.05) is 32.0 Å². The fourth-order valence-electron chi connectivity index (χ4n) is 1.89. The minimum absolute atomic E-state index is 0.0212. The first-order valence-corrected chi connectivity index (χ1v) is 6.05. The Kier molecular flexibility index (Phi) is 4.88. The van der Waals surface area contributed by atoms with Crippen LogP contribution in [-0.4, -0.2) is 29.7 Å². The monoisotopic (exact) mass is 233 g/mol. The van der Waals surface area contributed by atoms with Gasteiger partial charge in [-0.05, 0) is 25.0 Å². The van der Waals surface area contributed by atoms with Crippen molar-refractivity contribution in [2.45, 2.75) is 27.2 Å². The second-order valence-corrected chi connectivity index (χ2v) is 3.84. The Hall–Kier alpha value is -1.64. The highest BCUT2D eigenvalue weighted by Gasteiger charge is 2.24. The predicted molar refractivity (Wildman–Crippen MR) is 68.1 cm³/mol. The van der Waals surface area contributed by atoms with Gasteiger partial charge in [0.05, 0.1) is 6.54 Å². The molecule has 0 aliphatic carbocycles. The smallest absolute Gasteiger partial charge is 0.254 e. The molecular weight excluding hydrogens is 214 g/mol. The number of amides is 1. The third-order valence-corrected chi connectivity index (χ3v) is 2.60. The average molecular weight is 233 g/mol. The molecule has 1 amide bonds. The van der Waals surface area contributed by atoms with Gasteiger partial charge in [-0.15, -0.1) is 0 Å². The molecule has 0 unspecified atom stereocenters. The number of hydrogen-bond acceptors (Lipinski definition) is 2. The van der Waals surface area contributed by atoms with Crippen molar-refractivity contribution in [3.63, 3.8) is 0 Å². The number of hydrogen-bond donors (Lipinski definition) is 0. The number of carbonyl (C=O) groups excluding carboxylic acids is 2. The molecule has 1 aliphatic heterocycles. The second-order valence-electron chi connectivity index (χ2n) is 3.84. The summed E-state index contributed by atoms with van der Waals surface area (Å²) in [6, 6.07) is 7.59. The van der Waals surface area contributed by atoms with Gasteiger partial charge >= 0.3 is 0 Å². The summed E-state index contributed by atoms with van der Waals surface area (Å²) in [5.41, 5.74) is 1.83. The average Bonchev–Trinajstić information content (AvgIpc) is 2.35. The Labute approximate surface area is 102 Å². The first kappa shape index (κ1) is 13.4. The minimum Gasteiger partial charge on any atom is -0.331 e. The van der Waals surface area contributed by atoms with Crippen molar-refractivity contribution in [1.82, 2.24) is 4.90 Å². The zero-order valence-corrected chi connectivity index (χ0v) is 10.7. The molecule has 0 fully saturated rings. The summed E-state index contributed by atoms with van der Waals surface area (Å²) in [5, 5.41) is 0. The maximum Gasteiger partial charge on any atom is 0.254 e. The molecule has 0 radical (unpaired) electrons. The summed E-state index contributed by atoms with van der Waals surface area (Å²) in [7, 11) is 0. The van der Waals surface area contributed by atoms with E-state index >= 15 is 0 Å². The Morgan fingerprint density at radius 2 is 1.94 bits per heavy atom. The number of benzene rings is 1. The number of Topliss-reactive ketones (excluding diaryl/α,β-unsaturated/α-hetero) is 1. The van der Waals surface area contributed by atoms with Crippen LogP contribution < -0.4 is 0 Å². The van der Waals surface area contributed by atoms with Crippen molar-refractivity contribution in [2.24, 2.45) is 0 Å². The van der Waals surface area contributed by atoms with Crippen LogP contribution in [0.4, 0.5) is 0 Å². The van der Waals surface area contributed by atoms with Crippen molar-refractivity contribution in [2.75, 3.05) is 13.1 Å². The topological polar surface area (TPSA) is 37.4 Å². The van der Waals surface area contributed by atoms with E-state index in [0.717, 1.165) is 17.5 Å². The van der Waals surface area contributed by atoms with Crippen LogP contribution in [0.1, 0.15) is 36.7 Å². The van der Waals surface area contributed by atoms with Crippen LogP contribution in [0.3, 0.4) is 0 Å². The van der Waals surface area contributed by atoms with Gasteiger partial charge < -0.3 is 4.90 Å². The van der Waals surface area contributed by atoms with E-state index in [1.807, 2.05) is 38.1 Å². The highest BCUT2D eigenvalue weighted by atomic mass is 16.2. The SMILES string of the molecule is CC.CC(=O)CN1CCc2ccccc2C1=O. The molecule has 0 aromatic heterocycles. The molecule has 1 aliphatic rings. The van der Waals surface area contributed by atoms with Crippen molar-refractivity contribution in [1.29, 1.82) is 0 Å². The molecule has 17 heavy (non-hydrogen) atoms. The fourth-order valence-corrected chi connectivity index (χ4v) is 1.89. The molecular formula is C14H19NO2. The summed E-state index contributed by atoms with van der Waals surface area (Å²) in [4.78, 5) is 24.5. The third-order valence-electron chi connectivity index (χ3n) is 2.60. The van der Waals surface area contributed by atoms with E-state index in [2.05, 4.69) is 0 Å². The highest BCUT2D eigenvalue weighted by molar-refractivity contribution is 5.98. The number of ketones is 1. The summed E-state index contributed by atoms with van der Waals surface area (Å²) >= 11 is 0. The van der Waals surface area contributed by atoms with E-state index in [1.54, 1.807) is 4.90 Å². The van der Waals surface area contributed by atoms with Gasteiger partial charge in [-0.2, -0.15) is 0 Å². The first-order valence-electron chi connectivity index (χ1n) is 6.05. The van der Waals surface area contributed by atoms with E-state index in [4.69, 9.17) is 0 Å². The maximum absolute atomic E-state index is 11.9. The van der Waals surface area contributed by atoms with Crippen LogP contribution in [-0.2, 0) is 11.2 Å². The second kappa shape index (κ2) is 6.18. The molecule has 0 atom stereocenters. The molecule has 0 spiro atoms. The van der Waals surface area contributed by atoms with Crippen molar-refractivity contribution in [3.8, 4) is 0 Å². The Balaban J connectivity index is 0.000000686. The van der Waals surface area contributed by atoms with E-state index in [9.17, 15) is 9.59 Å². The molecule has 0 bridgehead atoms. The molecule has 92 valence electrons. The molecule has 1 heterocycles. The summed E-state index contributed by atoms with van der Waals surface area (Å²) in [5.74, 6) is 0.00906. The number of fused-ring (bicyclic) bond motifs is 1. The lowest BCUT2D eigenvalue weighted by Gasteiger charge is -2.27. The number of nitrogens with zero attached hydrogens (tertiary/aromatic N) is 1. The standard InChI is InChI=1S/C12H13NO2.C2H6/c1-9(14)8-13-7-6-10-4-2-3-5-11(10)12(13)15;1-2/h2-5H,6-8H2,1H3;1-2H3.